The predicted molar refractivity (Wildman–Crippen MR) is 127 cm³/mol. The molecule has 0 saturated carbocycles. The molecule has 0 aliphatic rings. The maximum Gasteiger partial charge on any atom is 0.243 e. The summed E-state index contributed by atoms with van der Waals surface area (Å²) in [5.74, 6) is 0.752. The number of sulfonamides is 1. The fourth-order valence-electron chi connectivity index (χ4n) is 3.69. The van der Waals surface area contributed by atoms with E-state index in [0.717, 1.165) is 16.9 Å². The first-order valence-electron chi connectivity index (χ1n) is 10.6. The van der Waals surface area contributed by atoms with Gasteiger partial charge in [-0.25, -0.2) is 13.4 Å². The van der Waals surface area contributed by atoms with Gasteiger partial charge in [-0.15, -0.1) is 0 Å². The molecule has 1 aromatic heterocycles. The Kier molecular flexibility index (Phi) is 7.59. The average molecular weight is 477 g/mol. The van der Waals surface area contributed by atoms with Crippen LogP contribution in [0.15, 0.2) is 47.4 Å². The van der Waals surface area contributed by atoms with Crippen LogP contribution in [0.4, 0.5) is 0 Å². The maximum atomic E-state index is 12.8. The summed E-state index contributed by atoms with van der Waals surface area (Å²) >= 11 is 5.92. The number of imidazole rings is 1. The summed E-state index contributed by atoms with van der Waals surface area (Å²) in [6, 6.07) is 12.4. The standard InChI is InChI=1S/C23H29ClN4O3S/c1-5-28(6-2)32(30,31)19-11-12-21-20(15-19)25-22(27(21)4)13-14-23(29)26(3)16-17-7-9-18(24)10-8-17/h7-12,15H,5-6,13-14,16H2,1-4H3. The van der Waals surface area contributed by atoms with E-state index >= 15 is 0 Å². The molecule has 1 heterocycles. The Morgan fingerprint density at radius 3 is 2.38 bits per heavy atom. The topological polar surface area (TPSA) is 75.5 Å². The molecule has 7 nitrogen and oxygen atoms in total. The van der Waals surface area contributed by atoms with Gasteiger partial charge in [0.15, 0.2) is 0 Å². The number of carbonyl (C=O) groups excluding carboxylic acids is 1. The number of benzene rings is 2. The first-order chi connectivity index (χ1) is 15.2. The lowest BCUT2D eigenvalue weighted by Gasteiger charge is -2.18. The number of rotatable bonds is 9. The molecule has 0 bridgehead atoms. The summed E-state index contributed by atoms with van der Waals surface area (Å²) in [5.41, 5.74) is 2.45. The first kappa shape index (κ1) is 24.2. The fourth-order valence-corrected chi connectivity index (χ4v) is 5.29. The zero-order chi connectivity index (χ0) is 23.5. The van der Waals surface area contributed by atoms with Crippen LogP contribution in [0.25, 0.3) is 11.0 Å². The van der Waals surface area contributed by atoms with E-state index in [0.29, 0.717) is 43.0 Å². The van der Waals surface area contributed by atoms with Crippen molar-refractivity contribution in [3.8, 4) is 0 Å². The molecule has 0 radical (unpaired) electrons. The number of aromatic nitrogens is 2. The van der Waals surface area contributed by atoms with Crippen molar-refractivity contribution in [3.63, 3.8) is 0 Å². The van der Waals surface area contributed by atoms with Gasteiger partial charge in [0, 0.05) is 51.6 Å². The summed E-state index contributed by atoms with van der Waals surface area (Å²) in [4.78, 5) is 19.2. The monoisotopic (exact) mass is 476 g/mol. The van der Waals surface area contributed by atoms with Gasteiger partial charge in [-0.2, -0.15) is 4.31 Å². The molecule has 172 valence electrons. The first-order valence-corrected chi connectivity index (χ1v) is 12.4. The molecule has 0 spiro atoms. The van der Waals surface area contributed by atoms with E-state index in [1.165, 1.54) is 4.31 Å². The van der Waals surface area contributed by atoms with Gasteiger partial charge in [0.25, 0.3) is 0 Å². The highest BCUT2D eigenvalue weighted by atomic mass is 35.5. The van der Waals surface area contributed by atoms with Gasteiger partial charge < -0.3 is 9.47 Å². The predicted octanol–water partition coefficient (Wildman–Crippen LogP) is 3.85. The second-order valence-electron chi connectivity index (χ2n) is 7.70. The van der Waals surface area contributed by atoms with Gasteiger partial charge in [0.05, 0.1) is 15.9 Å². The number of hydrogen-bond acceptors (Lipinski definition) is 4. The summed E-state index contributed by atoms with van der Waals surface area (Å²) in [6.45, 7) is 4.97. The molecule has 0 fully saturated rings. The lowest BCUT2D eigenvalue weighted by molar-refractivity contribution is -0.130. The van der Waals surface area contributed by atoms with Gasteiger partial charge in [0.1, 0.15) is 5.82 Å². The van der Waals surface area contributed by atoms with Crippen LogP contribution >= 0.6 is 11.6 Å². The molecular formula is C23H29ClN4O3S. The molecule has 32 heavy (non-hydrogen) atoms. The van der Waals surface area contributed by atoms with Crippen molar-refractivity contribution in [1.29, 1.82) is 0 Å². The third-order valence-corrected chi connectivity index (χ3v) is 7.91. The van der Waals surface area contributed by atoms with Crippen LogP contribution in [0.5, 0.6) is 0 Å². The highest BCUT2D eigenvalue weighted by molar-refractivity contribution is 7.89. The van der Waals surface area contributed by atoms with E-state index in [4.69, 9.17) is 11.6 Å². The molecule has 3 aromatic rings. The molecule has 0 saturated heterocycles. The molecule has 0 atom stereocenters. The number of carbonyl (C=O) groups is 1. The van der Waals surface area contributed by atoms with E-state index in [9.17, 15) is 13.2 Å². The van der Waals surface area contributed by atoms with Crippen molar-refractivity contribution in [2.24, 2.45) is 7.05 Å². The minimum absolute atomic E-state index is 0.0109. The Bertz CT molecular complexity index is 1200. The molecule has 9 heteroatoms. The normalized spacial score (nSPS) is 11.9. The van der Waals surface area contributed by atoms with E-state index in [1.54, 1.807) is 30.1 Å². The minimum atomic E-state index is -3.55. The molecule has 0 aliphatic carbocycles. The van der Waals surface area contributed by atoms with Crippen LogP contribution in [-0.2, 0) is 34.8 Å². The summed E-state index contributed by atoms with van der Waals surface area (Å²) in [5, 5.41) is 0.664. The average Bonchev–Trinajstić information content (AvgIpc) is 3.09. The van der Waals surface area contributed by atoms with Crippen LogP contribution in [0, 0.1) is 0 Å². The van der Waals surface area contributed by atoms with Crippen molar-refractivity contribution in [2.75, 3.05) is 20.1 Å². The third-order valence-electron chi connectivity index (χ3n) is 5.61. The van der Waals surface area contributed by atoms with E-state index in [-0.39, 0.29) is 10.8 Å². The molecule has 1 amide bonds. The summed E-state index contributed by atoms with van der Waals surface area (Å²) in [6.07, 6.45) is 0.777. The Morgan fingerprint density at radius 2 is 1.75 bits per heavy atom. The Labute approximate surface area is 194 Å². The summed E-state index contributed by atoms with van der Waals surface area (Å²) < 4.78 is 29.0. The molecule has 0 N–H and O–H groups in total. The summed E-state index contributed by atoms with van der Waals surface area (Å²) in [7, 11) is 0.103. The molecular weight excluding hydrogens is 448 g/mol. The van der Waals surface area contributed by atoms with Crippen molar-refractivity contribution in [2.45, 2.75) is 38.1 Å². The van der Waals surface area contributed by atoms with Gasteiger partial charge in [0.2, 0.25) is 15.9 Å². The third kappa shape index (κ3) is 5.14. The van der Waals surface area contributed by atoms with Crippen molar-refractivity contribution in [3.05, 3.63) is 58.9 Å². The molecule has 0 unspecified atom stereocenters. The molecule has 0 aliphatic heterocycles. The van der Waals surface area contributed by atoms with Crippen molar-refractivity contribution in [1.82, 2.24) is 18.8 Å². The Balaban J connectivity index is 1.73. The highest BCUT2D eigenvalue weighted by Gasteiger charge is 2.23. The Morgan fingerprint density at radius 1 is 1.09 bits per heavy atom. The minimum Gasteiger partial charge on any atom is -0.341 e. The zero-order valence-corrected chi connectivity index (χ0v) is 20.4. The van der Waals surface area contributed by atoms with Gasteiger partial charge >= 0.3 is 0 Å². The zero-order valence-electron chi connectivity index (χ0n) is 18.9. The lowest BCUT2D eigenvalue weighted by Crippen LogP contribution is -2.30. The number of hydrogen-bond donors (Lipinski definition) is 0. The quantitative estimate of drug-likeness (QED) is 0.470. The second-order valence-corrected chi connectivity index (χ2v) is 10.1. The number of halogens is 1. The van der Waals surface area contributed by atoms with Crippen LogP contribution < -0.4 is 0 Å². The van der Waals surface area contributed by atoms with Crippen LogP contribution in [-0.4, -0.2) is 53.2 Å². The fraction of sp³-hybridized carbons (Fsp3) is 0.391. The number of aryl methyl sites for hydroxylation is 2. The van der Waals surface area contributed by atoms with Gasteiger partial charge in [-0.05, 0) is 35.9 Å². The van der Waals surface area contributed by atoms with E-state index in [2.05, 4.69) is 4.98 Å². The van der Waals surface area contributed by atoms with Crippen LogP contribution in [0.1, 0.15) is 31.7 Å². The maximum absolute atomic E-state index is 12.8. The van der Waals surface area contributed by atoms with Crippen LogP contribution in [0.2, 0.25) is 5.02 Å². The van der Waals surface area contributed by atoms with Crippen molar-refractivity contribution >= 4 is 38.6 Å². The molecule has 3 rings (SSSR count). The number of fused-ring (bicyclic) bond motifs is 1. The number of amides is 1. The van der Waals surface area contributed by atoms with Crippen LogP contribution in [0.3, 0.4) is 0 Å². The second kappa shape index (κ2) is 10.0. The Hall–Kier alpha value is -2.42. The van der Waals surface area contributed by atoms with E-state index < -0.39 is 10.0 Å². The lowest BCUT2D eigenvalue weighted by atomic mass is 10.2. The SMILES string of the molecule is CCN(CC)S(=O)(=O)c1ccc2c(c1)nc(CCC(=O)N(C)Cc1ccc(Cl)cc1)n2C. The van der Waals surface area contributed by atoms with Gasteiger partial charge in [-0.3, -0.25) is 4.79 Å². The molecule has 2 aromatic carbocycles. The van der Waals surface area contributed by atoms with Crippen molar-refractivity contribution < 1.29 is 13.2 Å². The highest BCUT2D eigenvalue weighted by Crippen LogP contribution is 2.23. The smallest absolute Gasteiger partial charge is 0.243 e. The van der Waals surface area contributed by atoms with Gasteiger partial charge in [-0.1, -0.05) is 37.6 Å². The van der Waals surface area contributed by atoms with E-state index in [1.807, 2.05) is 49.7 Å². The number of nitrogens with zero attached hydrogens (tertiary/aromatic N) is 4. The largest absolute Gasteiger partial charge is 0.341 e.